The monoisotopic (exact) mass is 312 g/mol. The van der Waals surface area contributed by atoms with Crippen molar-refractivity contribution in [2.75, 3.05) is 23.9 Å². The van der Waals surface area contributed by atoms with Crippen LogP contribution in [-0.2, 0) is 14.6 Å². The van der Waals surface area contributed by atoms with Crippen molar-refractivity contribution in [3.63, 3.8) is 0 Å². The zero-order valence-electron chi connectivity index (χ0n) is 12.0. The van der Waals surface area contributed by atoms with Crippen molar-refractivity contribution < 1.29 is 17.9 Å². The van der Waals surface area contributed by atoms with Crippen molar-refractivity contribution in [3.05, 3.63) is 18.2 Å². The maximum atomic E-state index is 12.1. The summed E-state index contributed by atoms with van der Waals surface area (Å²) in [7, 11) is -1.93. The molecule has 0 aliphatic heterocycles. The number of amides is 1. The second-order valence-corrected chi connectivity index (χ2v) is 7.50. The smallest absolute Gasteiger partial charge is 0.239 e. The van der Waals surface area contributed by atoms with Crippen LogP contribution in [0.3, 0.4) is 0 Å². The summed E-state index contributed by atoms with van der Waals surface area (Å²) in [6.45, 7) is 0. The average Bonchev–Trinajstić information content (AvgIpc) is 2.95. The molecule has 1 aromatic carbocycles. The number of ether oxygens (including phenoxy) is 1. The number of nitrogens with two attached hydrogens (primary N) is 1. The zero-order chi connectivity index (χ0) is 15.5. The molecule has 0 heterocycles. The van der Waals surface area contributed by atoms with Crippen LogP contribution in [0.25, 0.3) is 0 Å². The van der Waals surface area contributed by atoms with Crippen LogP contribution in [0.5, 0.6) is 5.75 Å². The summed E-state index contributed by atoms with van der Waals surface area (Å²) in [5, 5.41) is 2.19. The van der Waals surface area contributed by atoms with Gasteiger partial charge >= 0.3 is 0 Å². The summed E-state index contributed by atoms with van der Waals surface area (Å²) < 4.78 is 29.4. The molecule has 0 saturated heterocycles. The van der Waals surface area contributed by atoms with Crippen LogP contribution in [-0.4, -0.2) is 32.4 Å². The van der Waals surface area contributed by atoms with Crippen LogP contribution in [0, 0.1) is 0 Å². The van der Waals surface area contributed by atoms with Crippen LogP contribution < -0.4 is 15.8 Å². The summed E-state index contributed by atoms with van der Waals surface area (Å²) in [6, 6.07) is 4.78. The lowest BCUT2D eigenvalue weighted by molar-refractivity contribution is -0.113. The Balaban J connectivity index is 2.05. The summed E-state index contributed by atoms with van der Waals surface area (Å²) in [6.07, 6.45) is 3.14. The molecular weight excluding hydrogens is 292 g/mol. The van der Waals surface area contributed by atoms with Crippen molar-refractivity contribution in [1.82, 2.24) is 0 Å². The standard InChI is InChI=1S/C14H20N2O4S/c1-20-13-8-10(15)6-7-12(13)16-14(17)9-21(18,19)11-4-2-3-5-11/h6-8,11H,2-5,9,15H2,1H3,(H,16,17). The predicted octanol–water partition coefficient (Wildman–Crippen LogP) is 1.57. The summed E-state index contributed by atoms with van der Waals surface area (Å²) in [5.41, 5.74) is 6.55. The highest BCUT2D eigenvalue weighted by Gasteiger charge is 2.30. The van der Waals surface area contributed by atoms with E-state index in [0.717, 1.165) is 12.8 Å². The Morgan fingerprint density at radius 1 is 1.38 bits per heavy atom. The minimum Gasteiger partial charge on any atom is -0.494 e. The highest BCUT2D eigenvalue weighted by Crippen LogP contribution is 2.28. The van der Waals surface area contributed by atoms with E-state index in [4.69, 9.17) is 10.5 Å². The van der Waals surface area contributed by atoms with Gasteiger partial charge in [0.15, 0.2) is 9.84 Å². The van der Waals surface area contributed by atoms with Crippen molar-refractivity contribution in [1.29, 1.82) is 0 Å². The number of sulfone groups is 1. The minimum atomic E-state index is -3.38. The van der Waals surface area contributed by atoms with Crippen LogP contribution >= 0.6 is 0 Å². The number of nitrogen functional groups attached to an aromatic ring is 1. The van der Waals surface area contributed by atoms with Crippen molar-refractivity contribution >= 4 is 27.1 Å². The molecule has 21 heavy (non-hydrogen) atoms. The van der Waals surface area contributed by atoms with Gasteiger partial charge < -0.3 is 15.8 Å². The Hall–Kier alpha value is -1.76. The van der Waals surface area contributed by atoms with E-state index in [0.29, 0.717) is 30.0 Å². The van der Waals surface area contributed by atoms with E-state index in [1.165, 1.54) is 7.11 Å². The fourth-order valence-corrected chi connectivity index (χ4v) is 4.27. The van der Waals surface area contributed by atoms with Crippen molar-refractivity contribution in [2.45, 2.75) is 30.9 Å². The number of carbonyl (C=O) groups excluding carboxylic acids is 1. The van der Waals surface area contributed by atoms with Gasteiger partial charge in [0.2, 0.25) is 5.91 Å². The second-order valence-electron chi connectivity index (χ2n) is 5.22. The minimum absolute atomic E-state index is 0.378. The molecule has 116 valence electrons. The summed E-state index contributed by atoms with van der Waals surface area (Å²) in [4.78, 5) is 12.0. The summed E-state index contributed by atoms with van der Waals surface area (Å²) in [5.74, 6) is -0.642. The number of carbonyl (C=O) groups is 1. The normalized spacial score (nSPS) is 15.9. The van der Waals surface area contributed by atoms with Gasteiger partial charge in [-0.05, 0) is 25.0 Å². The number of hydrogen-bond donors (Lipinski definition) is 2. The third-order valence-electron chi connectivity index (χ3n) is 3.64. The second kappa shape index (κ2) is 6.34. The third-order valence-corrected chi connectivity index (χ3v) is 5.79. The molecule has 0 atom stereocenters. The third kappa shape index (κ3) is 3.87. The zero-order valence-corrected chi connectivity index (χ0v) is 12.8. The first-order valence-corrected chi connectivity index (χ1v) is 8.59. The number of rotatable bonds is 5. The highest BCUT2D eigenvalue weighted by atomic mass is 32.2. The van der Waals surface area contributed by atoms with Gasteiger partial charge in [0.1, 0.15) is 11.5 Å². The molecule has 0 unspecified atom stereocenters. The maximum Gasteiger partial charge on any atom is 0.239 e. The molecule has 2 rings (SSSR count). The van der Waals surface area contributed by atoms with Crippen molar-refractivity contribution in [2.24, 2.45) is 0 Å². The maximum absolute atomic E-state index is 12.1. The fraction of sp³-hybridized carbons (Fsp3) is 0.500. The van der Waals surface area contributed by atoms with E-state index in [1.807, 2.05) is 0 Å². The molecule has 1 amide bonds. The topological polar surface area (TPSA) is 98.5 Å². The predicted molar refractivity (Wildman–Crippen MR) is 82.1 cm³/mol. The van der Waals surface area contributed by atoms with Gasteiger partial charge in [-0.2, -0.15) is 0 Å². The molecular formula is C14H20N2O4S. The SMILES string of the molecule is COc1cc(N)ccc1NC(=O)CS(=O)(=O)C1CCCC1. The largest absolute Gasteiger partial charge is 0.494 e. The number of hydrogen-bond acceptors (Lipinski definition) is 5. The Bertz CT molecular complexity index is 622. The molecule has 0 spiro atoms. The Kier molecular flexibility index (Phi) is 4.72. The lowest BCUT2D eigenvalue weighted by Gasteiger charge is -2.13. The van der Waals surface area contributed by atoms with Gasteiger partial charge in [-0.1, -0.05) is 12.8 Å². The molecule has 0 aromatic heterocycles. The van der Waals surface area contributed by atoms with Crippen LogP contribution in [0.15, 0.2) is 18.2 Å². The van der Waals surface area contributed by atoms with E-state index in [-0.39, 0.29) is 5.25 Å². The first-order valence-electron chi connectivity index (χ1n) is 6.87. The first kappa shape index (κ1) is 15.6. The van der Waals surface area contributed by atoms with E-state index in [1.54, 1.807) is 18.2 Å². The molecule has 1 aliphatic rings. The van der Waals surface area contributed by atoms with Gasteiger partial charge in [-0.3, -0.25) is 4.79 Å². The molecule has 0 radical (unpaired) electrons. The summed E-state index contributed by atoms with van der Waals surface area (Å²) >= 11 is 0. The Morgan fingerprint density at radius 2 is 2.05 bits per heavy atom. The Morgan fingerprint density at radius 3 is 2.67 bits per heavy atom. The van der Waals surface area contributed by atoms with Gasteiger partial charge in [0, 0.05) is 11.8 Å². The van der Waals surface area contributed by atoms with E-state index < -0.39 is 21.5 Å². The van der Waals surface area contributed by atoms with Gasteiger partial charge in [0.05, 0.1) is 18.0 Å². The van der Waals surface area contributed by atoms with E-state index >= 15 is 0 Å². The molecule has 1 saturated carbocycles. The molecule has 1 aromatic rings. The average molecular weight is 312 g/mol. The molecule has 6 nitrogen and oxygen atoms in total. The lowest BCUT2D eigenvalue weighted by atomic mass is 10.2. The van der Waals surface area contributed by atoms with E-state index in [9.17, 15) is 13.2 Å². The van der Waals surface area contributed by atoms with Crippen molar-refractivity contribution in [3.8, 4) is 5.75 Å². The highest BCUT2D eigenvalue weighted by molar-refractivity contribution is 7.92. The van der Waals surface area contributed by atoms with Crippen LogP contribution in [0.4, 0.5) is 11.4 Å². The molecule has 1 aliphatic carbocycles. The van der Waals surface area contributed by atoms with E-state index in [2.05, 4.69) is 5.32 Å². The van der Waals surface area contributed by atoms with Gasteiger partial charge in [0.25, 0.3) is 0 Å². The molecule has 0 bridgehead atoms. The Labute approximate surface area is 124 Å². The number of methoxy groups -OCH3 is 1. The quantitative estimate of drug-likeness (QED) is 0.804. The lowest BCUT2D eigenvalue weighted by Crippen LogP contribution is -2.29. The van der Waals surface area contributed by atoms with Gasteiger partial charge in [-0.15, -0.1) is 0 Å². The fourth-order valence-electron chi connectivity index (χ4n) is 2.55. The number of anilines is 2. The molecule has 7 heteroatoms. The van der Waals surface area contributed by atoms with Gasteiger partial charge in [-0.25, -0.2) is 8.42 Å². The first-order chi connectivity index (χ1) is 9.92. The molecule has 3 N–H and O–H groups in total. The molecule has 1 fully saturated rings. The number of benzene rings is 1. The number of nitrogens with one attached hydrogen (secondary N) is 1. The van der Waals surface area contributed by atoms with Crippen LogP contribution in [0.2, 0.25) is 0 Å². The van der Waals surface area contributed by atoms with Crippen LogP contribution in [0.1, 0.15) is 25.7 Å².